The maximum atomic E-state index is 11.2. The summed E-state index contributed by atoms with van der Waals surface area (Å²) in [5.41, 5.74) is 10.3. The summed E-state index contributed by atoms with van der Waals surface area (Å²) in [6.07, 6.45) is 4.87. The first-order valence-corrected chi connectivity index (χ1v) is 10.7. The summed E-state index contributed by atoms with van der Waals surface area (Å²) < 4.78 is 8.50. The number of fused-ring (bicyclic) bond motifs is 2. The lowest BCUT2D eigenvalue weighted by molar-refractivity contribution is -0.117. The number of Topliss-reactive ketones (excluding diaryl/α,β-unsaturated/α-hetero) is 1. The van der Waals surface area contributed by atoms with Gasteiger partial charge >= 0.3 is 0 Å². The Bertz CT molecular complexity index is 1230. The van der Waals surface area contributed by atoms with E-state index in [1.807, 2.05) is 6.20 Å². The second-order valence-electron chi connectivity index (χ2n) is 7.45. The average molecular weight is 424 g/mol. The number of nitrogen functional groups attached to an aromatic ring is 1. The zero-order chi connectivity index (χ0) is 21.3. The minimum atomic E-state index is 0.213. The smallest absolute Gasteiger partial charge is 0.152 e. The molecule has 3 heterocycles. The Balaban J connectivity index is 1.77. The van der Waals surface area contributed by atoms with Crippen LogP contribution in [0.5, 0.6) is 5.75 Å². The van der Waals surface area contributed by atoms with Gasteiger partial charge in [0.1, 0.15) is 23.4 Å². The van der Waals surface area contributed by atoms with E-state index in [1.54, 1.807) is 29.9 Å². The van der Waals surface area contributed by atoms with Gasteiger partial charge in [-0.15, -0.1) is 11.3 Å². The molecule has 0 aliphatic rings. The standard InChI is InChI=1S/C22H25N5O2S/c1-13-7-15-9-18(30-21(15)17(8-13)29-3)19-16(10-24-6-4-5-14(2)28)11-27-20(19)22(23)25-12-26-27/h7-9,11-12,24H,4-6,10H2,1-3H3,(H2,23,25,26). The molecule has 0 aliphatic carbocycles. The molecule has 4 rings (SSSR count). The number of ether oxygens (including phenoxy) is 1. The van der Waals surface area contributed by atoms with Crippen molar-refractivity contribution < 1.29 is 9.53 Å². The highest BCUT2D eigenvalue weighted by Crippen LogP contribution is 2.43. The maximum Gasteiger partial charge on any atom is 0.152 e. The third-order valence-corrected chi connectivity index (χ3v) is 6.25. The van der Waals surface area contributed by atoms with Crippen molar-refractivity contribution in [3.8, 4) is 16.2 Å². The largest absolute Gasteiger partial charge is 0.495 e. The number of methoxy groups -OCH3 is 1. The fourth-order valence-electron chi connectivity index (χ4n) is 3.72. The molecule has 3 aromatic heterocycles. The fraction of sp³-hybridized carbons (Fsp3) is 0.318. The summed E-state index contributed by atoms with van der Waals surface area (Å²) in [7, 11) is 1.70. The van der Waals surface area contributed by atoms with Crippen LogP contribution in [0.1, 0.15) is 30.9 Å². The molecule has 0 unspecified atom stereocenters. The lowest BCUT2D eigenvalue weighted by Gasteiger charge is -2.06. The van der Waals surface area contributed by atoms with Crippen LogP contribution in [0.25, 0.3) is 26.0 Å². The van der Waals surface area contributed by atoms with E-state index in [4.69, 9.17) is 10.5 Å². The second-order valence-corrected chi connectivity index (χ2v) is 8.50. The van der Waals surface area contributed by atoms with E-state index < -0.39 is 0 Å². The van der Waals surface area contributed by atoms with Crippen LogP contribution < -0.4 is 15.8 Å². The van der Waals surface area contributed by atoms with E-state index in [0.717, 1.165) is 55.9 Å². The van der Waals surface area contributed by atoms with Crippen LogP contribution in [-0.2, 0) is 11.3 Å². The molecule has 4 aromatic rings. The fourth-order valence-corrected chi connectivity index (χ4v) is 4.93. The summed E-state index contributed by atoms with van der Waals surface area (Å²) in [4.78, 5) is 16.5. The normalized spacial score (nSPS) is 11.4. The number of thiophene rings is 1. The van der Waals surface area contributed by atoms with Gasteiger partial charge in [0.15, 0.2) is 5.82 Å². The number of hydrogen-bond donors (Lipinski definition) is 2. The molecule has 3 N–H and O–H groups in total. The number of aryl methyl sites for hydroxylation is 1. The van der Waals surface area contributed by atoms with Gasteiger partial charge in [-0.1, -0.05) is 6.07 Å². The van der Waals surface area contributed by atoms with E-state index in [1.165, 1.54) is 6.33 Å². The number of rotatable bonds is 8. The maximum absolute atomic E-state index is 11.2. The first-order chi connectivity index (χ1) is 14.5. The van der Waals surface area contributed by atoms with Gasteiger partial charge in [0.25, 0.3) is 0 Å². The van der Waals surface area contributed by atoms with Crippen LogP contribution in [0.4, 0.5) is 5.82 Å². The van der Waals surface area contributed by atoms with Crippen LogP contribution in [0, 0.1) is 6.92 Å². The number of carbonyl (C=O) groups is 1. The van der Waals surface area contributed by atoms with Crippen LogP contribution in [0.3, 0.4) is 0 Å². The Kier molecular flexibility index (Phi) is 5.69. The van der Waals surface area contributed by atoms with E-state index >= 15 is 0 Å². The van der Waals surface area contributed by atoms with Crippen LogP contribution in [0.15, 0.2) is 30.7 Å². The minimum Gasteiger partial charge on any atom is -0.495 e. The number of nitrogens with two attached hydrogens (primary N) is 1. The number of benzene rings is 1. The second kappa shape index (κ2) is 8.41. The first-order valence-electron chi connectivity index (χ1n) is 9.87. The monoisotopic (exact) mass is 423 g/mol. The molecule has 1 aromatic carbocycles. The summed E-state index contributed by atoms with van der Waals surface area (Å²) in [6, 6.07) is 6.39. The molecule has 0 saturated carbocycles. The molecule has 8 heteroatoms. The highest BCUT2D eigenvalue weighted by molar-refractivity contribution is 7.22. The van der Waals surface area contributed by atoms with Crippen molar-refractivity contribution >= 4 is 38.5 Å². The summed E-state index contributed by atoms with van der Waals surface area (Å²) in [5.74, 6) is 1.53. The molecule has 0 saturated heterocycles. The van der Waals surface area contributed by atoms with E-state index in [-0.39, 0.29) is 5.78 Å². The summed E-state index contributed by atoms with van der Waals surface area (Å²) in [5, 5.41) is 8.93. The number of nitrogens with zero attached hydrogens (tertiary/aromatic N) is 3. The van der Waals surface area contributed by atoms with Gasteiger partial charge in [0, 0.05) is 29.6 Å². The zero-order valence-corrected chi connectivity index (χ0v) is 18.2. The Morgan fingerprint density at radius 3 is 2.93 bits per heavy atom. The van der Waals surface area contributed by atoms with Crippen LogP contribution in [0.2, 0.25) is 0 Å². The minimum absolute atomic E-state index is 0.213. The number of hydrogen-bond acceptors (Lipinski definition) is 7. The lowest BCUT2D eigenvalue weighted by atomic mass is 10.1. The predicted octanol–water partition coefficient (Wildman–Crippen LogP) is 3.97. The van der Waals surface area contributed by atoms with Gasteiger partial charge in [-0.05, 0) is 55.5 Å². The van der Waals surface area contributed by atoms with Crippen molar-refractivity contribution in [2.75, 3.05) is 19.4 Å². The van der Waals surface area contributed by atoms with Crippen LogP contribution in [-0.4, -0.2) is 34.0 Å². The number of nitrogens with one attached hydrogen (secondary N) is 1. The SMILES string of the molecule is COc1cc(C)cc2cc(-c3c(CNCCCC(C)=O)cn4ncnc(N)c34)sc12. The third-order valence-electron chi connectivity index (χ3n) is 5.07. The molecule has 0 amide bonds. The van der Waals surface area contributed by atoms with Gasteiger partial charge < -0.3 is 20.6 Å². The first kappa shape index (κ1) is 20.3. The Hall–Kier alpha value is -2.97. The van der Waals surface area contributed by atoms with Crippen molar-refractivity contribution in [1.82, 2.24) is 19.9 Å². The molecule has 0 radical (unpaired) electrons. The van der Waals surface area contributed by atoms with Crippen molar-refractivity contribution in [2.45, 2.75) is 33.2 Å². The molecule has 156 valence electrons. The van der Waals surface area contributed by atoms with E-state index in [9.17, 15) is 4.79 Å². The van der Waals surface area contributed by atoms with Gasteiger partial charge in [-0.2, -0.15) is 5.10 Å². The summed E-state index contributed by atoms with van der Waals surface area (Å²) in [6.45, 7) is 5.11. The molecule has 0 spiro atoms. The molecule has 0 atom stereocenters. The van der Waals surface area contributed by atoms with Crippen molar-refractivity contribution in [2.24, 2.45) is 0 Å². The lowest BCUT2D eigenvalue weighted by Crippen LogP contribution is -2.15. The van der Waals surface area contributed by atoms with Crippen molar-refractivity contribution in [1.29, 1.82) is 0 Å². The van der Waals surface area contributed by atoms with Crippen molar-refractivity contribution in [3.63, 3.8) is 0 Å². The molecule has 0 aliphatic heterocycles. The van der Waals surface area contributed by atoms with E-state index in [2.05, 4.69) is 40.5 Å². The van der Waals surface area contributed by atoms with Crippen molar-refractivity contribution in [3.05, 3.63) is 41.9 Å². The van der Waals surface area contributed by atoms with Gasteiger partial charge in [-0.3, -0.25) is 0 Å². The van der Waals surface area contributed by atoms with Gasteiger partial charge in [0.2, 0.25) is 0 Å². The average Bonchev–Trinajstić information content (AvgIpc) is 3.28. The Labute approximate surface area is 178 Å². The predicted molar refractivity (Wildman–Crippen MR) is 121 cm³/mol. The highest BCUT2D eigenvalue weighted by Gasteiger charge is 2.19. The highest BCUT2D eigenvalue weighted by atomic mass is 32.1. The topological polar surface area (TPSA) is 94.5 Å². The van der Waals surface area contributed by atoms with E-state index in [0.29, 0.717) is 18.8 Å². The van der Waals surface area contributed by atoms with Gasteiger partial charge in [0.05, 0.1) is 11.8 Å². The van der Waals surface area contributed by atoms with Gasteiger partial charge in [-0.25, -0.2) is 9.50 Å². The third kappa shape index (κ3) is 3.88. The summed E-state index contributed by atoms with van der Waals surface area (Å²) >= 11 is 1.68. The Morgan fingerprint density at radius 2 is 2.17 bits per heavy atom. The molecule has 30 heavy (non-hydrogen) atoms. The molecular formula is C22H25N5O2S. The molecule has 0 fully saturated rings. The molecule has 7 nitrogen and oxygen atoms in total. The number of aromatic nitrogens is 3. The Morgan fingerprint density at radius 1 is 1.33 bits per heavy atom. The zero-order valence-electron chi connectivity index (χ0n) is 17.4. The number of anilines is 1. The molecule has 0 bridgehead atoms. The number of carbonyl (C=O) groups excluding carboxylic acids is 1. The quantitative estimate of drug-likeness (QED) is 0.417. The molecular weight excluding hydrogens is 398 g/mol. The van der Waals surface area contributed by atoms with Crippen LogP contribution >= 0.6 is 11.3 Å². The number of ketones is 1.